The van der Waals surface area contributed by atoms with Crippen LogP contribution in [0.5, 0.6) is 0 Å². The second kappa shape index (κ2) is 8.11. The van der Waals surface area contributed by atoms with Gasteiger partial charge < -0.3 is 5.32 Å². The molecule has 0 radical (unpaired) electrons. The first-order valence-corrected chi connectivity index (χ1v) is 10.1. The van der Waals surface area contributed by atoms with Gasteiger partial charge in [0.05, 0.1) is 16.2 Å². The number of para-hydroxylation sites is 1. The van der Waals surface area contributed by atoms with E-state index in [4.69, 9.17) is 0 Å². The maximum Gasteiger partial charge on any atom is 0.282 e. The van der Waals surface area contributed by atoms with Crippen LogP contribution in [0.4, 0.5) is 17.1 Å². The summed E-state index contributed by atoms with van der Waals surface area (Å²) in [5, 5.41) is 14.2. The number of aryl methyl sites for hydroxylation is 3. The van der Waals surface area contributed by atoms with Crippen LogP contribution in [0.2, 0.25) is 0 Å². The molecule has 0 saturated heterocycles. The number of hydrogen-bond donors (Lipinski definition) is 1. The molecule has 1 aliphatic rings. The predicted octanol–water partition coefficient (Wildman–Crippen LogP) is 4.92. The van der Waals surface area contributed by atoms with Crippen LogP contribution >= 0.6 is 0 Å². The maximum atomic E-state index is 13.5. The Morgan fingerprint density at radius 3 is 2.19 bits per heavy atom. The van der Waals surface area contributed by atoms with Gasteiger partial charge in [0, 0.05) is 17.8 Å². The Morgan fingerprint density at radius 1 is 0.844 bits per heavy atom. The number of carbonyl (C=O) groups excluding carboxylic acids is 2. The molecule has 1 heterocycles. The Labute approximate surface area is 185 Å². The lowest BCUT2D eigenvalue weighted by Crippen LogP contribution is -2.33. The van der Waals surface area contributed by atoms with Crippen molar-refractivity contribution in [2.24, 2.45) is 0 Å². The summed E-state index contributed by atoms with van der Waals surface area (Å²) in [7, 11) is 0. The number of nitrogens with one attached hydrogen (secondary N) is 1. The summed E-state index contributed by atoms with van der Waals surface area (Å²) in [6.07, 6.45) is 0. The second-order valence-corrected chi connectivity index (χ2v) is 7.73. The molecule has 0 aliphatic carbocycles. The monoisotopic (exact) mass is 427 g/mol. The largest absolute Gasteiger partial charge is 0.350 e. The summed E-state index contributed by atoms with van der Waals surface area (Å²) in [5.41, 5.74) is 4.57. The summed E-state index contributed by atoms with van der Waals surface area (Å²) in [5.74, 6) is -0.954. The van der Waals surface area contributed by atoms with E-state index in [2.05, 4.69) is 5.32 Å². The summed E-state index contributed by atoms with van der Waals surface area (Å²) >= 11 is 0. The van der Waals surface area contributed by atoms with Crippen LogP contribution in [-0.2, 0) is 9.59 Å². The van der Waals surface area contributed by atoms with Gasteiger partial charge in [-0.15, -0.1) is 0 Å². The molecule has 0 atom stereocenters. The molecular formula is C25H21N3O4. The van der Waals surface area contributed by atoms with E-state index in [0.717, 1.165) is 21.6 Å². The molecule has 0 bridgehead atoms. The lowest BCUT2D eigenvalue weighted by atomic mass is 10.0. The van der Waals surface area contributed by atoms with Gasteiger partial charge in [0.1, 0.15) is 5.70 Å². The molecule has 160 valence electrons. The van der Waals surface area contributed by atoms with Crippen LogP contribution in [0.15, 0.2) is 72.4 Å². The van der Waals surface area contributed by atoms with E-state index in [-0.39, 0.29) is 17.0 Å². The first-order chi connectivity index (χ1) is 15.3. The molecule has 0 saturated carbocycles. The number of nitro groups is 1. The van der Waals surface area contributed by atoms with Crippen LogP contribution in [0.1, 0.15) is 22.3 Å². The van der Waals surface area contributed by atoms with Gasteiger partial charge in [-0.25, -0.2) is 4.90 Å². The number of hydrogen-bond acceptors (Lipinski definition) is 5. The van der Waals surface area contributed by atoms with Crippen LogP contribution in [-0.4, -0.2) is 16.7 Å². The van der Waals surface area contributed by atoms with Crippen LogP contribution in [0, 0.1) is 30.9 Å². The van der Waals surface area contributed by atoms with Gasteiger partial charge in [-0.2, -0.15) is 0 Å². The van der Waals surface area contributed by atoms with Crippen molar-refractivity contribution in [1.29, 1.82) is 0 Å². The van der Waals surface area contributed by atoms with Gasteiger partial charge in [0.25, 0.3) is 17.5 Å². The molecule has 0 fully saturated rings. The van der Waals surface area contributed by atoms with Crippen molar-refractivity contribution in [1.82, 2.24) is 0 Å². The fourth-order valence-electron chi connectivity index (χ4n) is 3.70. The third-order valence-corrected chi connectivity index (χ3v) is 5.46. The first-order valence-electron chi connectivity index (χ1n) is 10.1. The Kier molecular flexibility index (Phi) is 5.32. The summed E-state index contributed by atoms with van der Waals surface area (Å²) < 4.78 is 0. The molecular weight excluding hydrogens is 406 g/mol. The molecule has 7 heteroatoms. The Hall–Kier alpha value is -4.26. The normalized spacial score (nSPS) is 13.7. The quantitative estimate of drug-likeness (QED) is 0.355. The van der Waals surface area contributed by atoms with Gasteiger partial charge in [-0.3, -0.25) is 19.7 Å². The maximum absolute atomic E-state index is 13.5. The van der Waals surface area contributed by atoms with Crippen LogP contribution in [0.3, 0.4) is 0 Å². The molecule has 32 heavy (non-hydrogen) atoms. The smallest absolute Gasteiger partial charge is 0.282 e. The Bertz CT molecular complexity index is 1290. The lowest BCUT2D eigenvalue weighted by molar-refractivity contribution is -0.384. The fourth-order valence-corrected chi connectivity index (χ4v) is 3.70. The van der Waals surface area contributed by atoms with E-state index >= 15 is 0 Å². The van der Waals surface area contributed by atoms with Crippen molar-refractivity contribution in [3.63, 3.8) is 0 Å². The molecule has 1 N–H and O–H groups in total. The van der Waals surface area contributed by atoms with Crippen molar-refractivity contribution in [2.75, 3.05) is 10.2 Å². The average Bonchev–Trinajstić information content (AvgIpc) is 3.00. The standard InChI is InChI=1S/C25H21N3O4/c1-15-8-9-16(2)20(14-15)26-23-22(18-10-12-19(13-11-18)28(31)32)24(29)27(25(23)30)21-7-5-4-6-17(21)3/h4-14,26H,1-3H3. The van der Waals surface area contributed by atoms with Crippen LogP contribution < -0.4 is 10.2 Å². The summed E-state index contributed by atoms with van der Waals surface area (Å²) in [6, 6.07) is 18.6. The second-order valence-electron chi connectivity index (χ2n) is 7.73. The van der Waals surface area contributed by atoms with Gasteiger partial charge in [0.2, 0.25) is 0 Å². The highest BCUT2D eigenvalue weighted by molar-refractivity contribution is 6.46. The van der Waals surface area contributed by atoms with E-state index in [0.29, 0.717) is 16.9 Å². The molecule has 2 amide bonds. The van der Waals surface area contributed by atoms with Crippen molar-refractivity contribution in [2.45, 2.75) is 20.8 Å². The Balaban J connectivity index is 1.86. The van der Waals surface area contributed by atoms with E-state index < -0.39 is 16.7 Å². The molecule has 3 aromatic carbocycles. The third kappa shape index (κ3) is 3.65. The minimum atomic E-state index is -0.505. The number of non-ortho nitro benzene ring substituents is 1. The van der Waals surface area contributed by atoms with E-state index in [1.165, 1.54) is 24.3 Å². The number of carbonyl (C=O) groups is 2. The minimum absolute atomic E-state index is 0.0917. The van der Waals surface area contributed by atoms with E-state index in [9.17, 15) is 19.7 Å². The number of rotatable bonds is 5. The number of nitrogens with zero attached hydrogens (tertiary/aromatic N) is 2. The minimum Gasteiger partial charge on any atom is -0.350 e. The molecule has 4 rings (SSSR count). The van der Waals surface area contributed by atoms with E-state index in [1.54, 1.807) is 12.1 Å². The van der Waals surface area contributed by atoms with Crippen molar-refractivity contribution >= 4 is 34.4 Å². The molecule has 0 unspecified atom stereocenters. The lowest BCUT2D eigenvalue weighted by Gasteiger charge is -2.18. The van der Waals surface area contributed by atoms with Crippen molar-refractivity contribution in [3.8, 4) is 0 Å². The highest BCUT2D eigenvalue weighted by atomic mass is 16.6. The van der Waals surface area contributed by atoms with Gasteiger partial charge in [-0.1, -0.05) is 30.3 Å². The van der Waals surface area contributed by atoms with Crippen molar-refractivity contribution in [3.05, 3.63) is 105 Å². The highest BCUT2D eigenvalue weighted by Crippen LogP contribution is 2.36. The SMILES string of the molecule is Cc1ccc(C)c(NC2=C(c3ccc([N+](=O)[O-])cc3)C(=O)N(c3ccccc3C)C2=O)c1. The van der Waals surface area contributed by atoms with Gasteiger partial charge >= 0.3 is 0 Å². The third-order valence-electron chi connectivity index (χ3n) is 5.46. The zero-order valence-corrected chi connectivity index (χ0v) is 17.9. The summed E-state index contributed by atoms with van der Waals surface area (Å²) in [6.45, 7) is 5.68. The van der Waals surface area contributed by atoms with Gasteiger partial charge in [-0.05, 0) is 67.3 Å². The molecule has 3 aromatic rings. The first kappa shape index (κ1) is 21.0. The number of amides is 2. The number of anilines is 2. The number of nitro benzene ring substituents is 1. The zero-order valence-electron chi connectivity index (χ0n) is 17.9. The average molecular weight is 427 g/mol. The topological polar surface area (TPSA) is 92.6 Å². The fraction of sp³-hybridized carbons (Fsp3) is 0.120. The highest BCUT2D eigenvalue weighted by Gasteiger charge is 2.41. The zero-order chi connectivity index (χ0) is 23.0. The number of imide groups is 1. The molecule has 0 aromatic heterocycles. The van der Waals surface area contributed by atoms with Crippen LogP contribution in [0.25, 0.3) is 5.57 Å². The summed E-state index contributed by atoms with van der Waals surface area (Å²) in [4.78, 5) is 38.7. The van der Waals surface area contributed by atoms with Gasteiger partial charge in [0.15, 0.2) is 0 Å². The van der Waals surface area contributed by atoms with Crippen molar-refractivity contribution < 1.29 is 14.5 Å². The van der Waals surface area contributed by atoms with E-state index in [1.807, 2.05) is 51.1 Å². The molecule has 7 nitrogen and oxygen atoms in total. The number of benzene rings is 3. The molecule has 0 spiro atoms. The predicted molar refractivity (Wildman–Crippen MR) is 123 cm³/mol. The Morgan fingerprint density at radius 2 is 1.53 bits per heavy atom. The molecule has 1 aliphatic heterocycles.